The molecule has 1 heterocycles. The predicted octanol–water partition coefficient (Wildman–Crippen LogP) is 2.39. The molecule has 0 aromatic heterocycles. The Balaban J connectivity index is 1.79. The minimum Gasteiger partial charge on any atom is -0.460 e. The van der Waals surface area contributed by atoms with E-state index in [4.69, 9.17) is 9.47 Å². The van der Waals surface area contributed by atoms with Gasteiger partial charge in [0.1, 0.15) is 5.60 Å². The lowest BCUT2D eigenvalue weighted by Gasteiger charge is -2.23. The van der Waals surface area contributed by atoms with Crippen LogP contribution < -0.4 is 0 Å². The van der Waals surface area contributed by atoms with Crippen LogP contribution in [0.5, 0.6) is 0 Å². The Hall–Kier alpha value is -0.570. The Kier molecular flexibility index (Phi) is 3.24. The lowest BCUT2D eigenvalue weighted by atomic mass is 9.93. The molecule has 1 aliphatic heterocycles. The van der Waals surface area contributed by atoms with E-state index in [9.17, 15) is 4.79 Å². The van der Waals surface area contributed by atoms with Crippen molar-refractivity contribution < 1.29 is 14.3 Å². The van der Waals surface area contributed by atoms with E-state index in [1.54, 1.807) is 0 Å². The summed E-state index contributed by atoms with van der Waals surface area (Å²) in [5.74, 6) is 1.43. The van der Waals surface area contributed by atoms with Gasteiger partial charge in [-0.2, -0.15) is 0 Å². The van der Waals surface area contributed by atoms with Crippen LogP contribution in [0.15, 0.2) is 0 Å². The molecule has 1 aliphatic carbocycles. The first kappa shape index (κ1) is 11.9. The third kappa shape index (κ3) is 2.97. The average molecular weight is 226 g/mol. The number of hydrogen-bond donors (Lipinski definition) is 0. The van der Waals surface area contributed by atoms with Crippen LogP contribution in [0.2, 0.25) is 0 Å². The van der Waals surface area contributed by atoms with Gasteiger partial charge in [0.05, 0.1) is 5.92 Å². The zero-order valence-corrected chi connectivity index (χ0v) is 10.5. The van der Waals surface area contributed by atoms with Gasteiger partial charge in [0.2, 0.25) is 0 Å². The molecule has 2 unspecified atom stereocenters. The van der Waals surface area contributed by atoms with E-state index in [1.807, 2.05) is 20.8 Å². The van der Waals surface area contributed by atoms with Crippen molar-refractivity contribution >= 4 is 5.97 Å². The summed E-state index contributed by atoms with van der Waals surface area (Å²) in [6.45, 7) is 7.51. The molecule has 0 bridgehead atoms. The zero-order valence-electron chi connectivity index (χ0n) is 10.5. The number of rotatable bonds is 2. The highest BCUT2D eigenvalue weighted by Gasteiger charge is 2.49. The zero-order chi connectivity index (χ0) is 11.8. The molecule has 2 atom stereocenters. The maximum absolute atomic E-state index is 11.8. The van der Waals surface area contributed by atoms with E-state index in [2.05, 4.69) is 0 Å². The number of carbonyl (C=O) groups excluding carboxylic acids is 1. The maximum atomic E-state index is 11.8. The van der Waals surface area contributed by atoms with Crippen molar-refractivity contribution in [3.63, 3.8) is 0 Å². The van der Waals surface area contributed by atoms with Crippen molar-refractivity contribution in [1.29, 1.82) is 0 Å². The minimum absolute atomic E-state index is 0.00370. The van der Waals surface area contributed by atoms with Gasteiger partial charge in [-0.25, -0.2) is 0 Å². The Morgan fingerprint density at radius 1 is 1.25 bits per heavy atom. The van der Waals surface area contributed by atoms with Crippen LogP contribution in [0.3, 0.4) is 0 Å². The molecule has 0 aromatic carbocycles. The van der Waals surface area contributed by atoms with Gasteiger partial charge in [-0.05, 0) is 51.9 Å². The molecular formula is C13H22O3. The van der Waals surface area contributed by atoms with E-state index < -0.39 is 0 Å². The fraction of sp³-hybridized carbons (Fsp3) is 0.923. The monoisotopic (exact) mass is 226 g/mol. The summed E-state index contributed by atoms with van der Waals surface area (Å²) in [5.41, 5.74) is -0.347. The summed E-state index contributed by atoms with van der Waals surface area (Å²) < 4.78 is 10.8. The number of ether oxygens (including phenoxy) is 2. The highest BCUT2D eigenvalue weighted by molar-refractivity contribution is 5.76. The molecule has 0 amide bonds. The van der Waals surface area contributed by atoms with Crippen molar-refractivity contribution in [2.75, 3.05) is 13.2 Å². The molecule has 0 radical (unpaired) electrons. The van der Waals surface area contributed by atoms with Crippen LogP contribution in [0, 0.1) is 17.8 Å². The van der Waals surface area contributed by atoms with Crippen LogP contribution in [0.4, 0.5) is 0 Å². The molecule has 2 rings (SSSR count). The van der Waals surface area contributed by atoms with Gasteiger partial charge in [-0.3, -0.25) is 4.79 Å². The van der Waals surface area contributed by atoms with Gasteiger partial charge in [0, 0.05) is 13.2 Å². The van der Waals surface area contributed by atoms with E-state index in [0.29, 0.717) is 11.8 Å². The molecular weight excluding hydrogens is 204 g/mol. The second kappa shape index (κ2) is 4.36. The SMILES string of the molecule is CC(C)(C)OC(=O)C1CC1C1CCOCC1. The van der Waals surface area contributed by atoms with Crippen molar-refractivity contribution in [2.24, 2.45) is 17.8 Å². The van der Waals surface area contributed by atoms with Gasteiger partial charge in [0.15, 0.2) is 0 Å². The van der Waals surface area contributed by atoms with E-state index in [1.165, 1.54) is 0 Å². The first-order valence-electron chi connectivity index (χ1n) is 6.28. The first-order chi connectivity index (χ1) is 7.47. The van der Waals surface area contributed by atoms with Gasteiger partial charge >= 0.3 is 5.97 Å². The van der Waals surface area contributed by atoms with E-state index >= 15 is 0 Å². The molecule has 3 heteroatoms. The number of carbonyl (C=O) groups is 1. The fourth-order valence-electron chi connectivity index (χ4n) is 2.53. The molecule has 0 N–H and O–H groups in total. The van der Waals surface area contributed by atoms with Gasteiger partial charge < -0.3 is 9.47 Å². The maximum Gasteiger partial charge on any atom is 0.309 e. The Labute approximate surface area is 97.5 Å². The molecule has 1 saturated carbocycles. The molecule has 2 aliphatic rings. The summed E-state index contributed by atoms with van der Waals surface area (Å²) in [6.07, 6.45) is 3.26. The fourth-order valence-corrected chi connectivity index (χ4v) is 2.53. The van der Waals surface area contributed by atoms with Crippen LogP contribution in [-0.4, -0.2) is 24.8 Å². The third-order valence-corrected chi connectivity index (χ3v) is 3.42. The first-order valence-corrected chi connectivity index (χ1v) is 6.28. The second-order valence-corrected chi connectivity index (χ2v) is 5.99. The van der Waals surface area contributed by atoms with Gasteiger partial charge in [-0.1, -0.05) is 0 Å². The van der Waals surface area contributed by atoms with Crippen LogP contribution in [-0.2, 0) is 14.3 Å². The summed E-state index contributed by atoms with van der Waals surface area (Å²) in [6, 6.07) is 0. The number of hydrogen-bond acceptors (Lipinski definition) is 3. The second-order valence-electron chi connectivity index (χ2n) is 5.99. The van der Waals surface area contributed by atoms with E-state index in [0.717, 1.165) is 32.5 Å². The van der Waals surface area contributed by atoms with Crippen molar-refractivity contribution in [3.05, 3.63) is 0 Å². The smallest absolute Gasteiger partial charge is 0.309 e. The van der Waals surface area contributed by atoms with Crippen LogP contribution >= 0.6 is 0 Å². The minimum atomic E-state index is -0.347. The number of esters is 1. The molecule has 92 valence electrons. The lowest BCUT2D eigenvalue weighted by molar-refractivity contribution is -0.157. The van der Waals surface area contributed by atoms with Crippen molar-refractivity contribution in [1.82, 2.24) is 0 Å². The van der Waals surface area contributed by atoms with Crippen molar-refractivity contribution in [3.8, 4) is 0 Å². The summed E-state index contributed by atoms with van der Waals surface area (Å²) in [4.78, 5) is 11.8. The highest BCUT2D eigenvalue weighted by Crippen LogP contribution is 2.48. The van der Waals surface area contributed by atoms with Gasteiger partial charge in [0.25, 0.3) is 0 Å². The topological polar surface area (TPSA) is 35.5 Å². The molecule has 16 heavy (non-hydrogen) atoms. The van der Waals surface area contributed by atoms with Crippen molar-refractivity contribution in [2.45, 2.75) is 45.6 Å². The lowest BCUT2D eigenvalue weighted by Crippen LogP contribution is -2.26. The molecule has 0 aromatic rings. The molecule has 3 nitrogen and oxygen atoms in total. The highest BCUT2D eigenvalue weighted by atomic mass is 16.6. The predicted molar refractivity (Wildman–Crippen MR) is 61.0 cm³/mol. The van der Waals surface area contributed by atoms with Gasteiger partial charge in [-0.15, -0.1) is 0 Å². The Morgan fingerprint density at radius 2 is 1.88 bits per heavy atom. The Morgan fingerprint density at radius 3 is 2.44 bits per heavy atom. The summed E-state index contributed by atoms with van der Waals surface area (Å²) >= 11 is 0. The average Bonchev–Trinajstić information content (AvgIpc) is 2.96. The third-order valence-electron chi connectivity index (χ3n) is 3.42. The molecule has 1 saturated heterocycles. The van der Waals surface area contributed by atoms with E-state index in [-0.39, 0.29) is 17.5 Å². The van der Waals surface area contributed by atoms with Crippen LogP contribution in [0.1, 0.15) is 40.0 Å². The van der Waals surface area contributed by atoms with Crippen LogP contribution in [0.25, 0.3) is 0 Å². The largest absolute Gasteiger partial charge is 0.460 e. The summed E-state index contributed by atoms with van der Waals surface area (Å²) in [5, 5.41) is 0. The normalized spacial score (nSPS) is 31.2. The molecule has 0 spiro atoms. The Bertz CT molecular complexity index is 261. The molecule has 2 fully saturated rings. The quantitative estimate of drug-likeness (QED) is 0.678. The summed E-state index contributed by atoms with van der Waals surface area (Å²) in [7, 11) is 0. The standard InChI is InChI=1S/C13H22O3/c1-13(2,3)16-12(14)11-8-10(11)9-4-6-15-7-5-9/h9-11H,4-8H2,1-3H3.